The third-order valence-electron chi connectivity index (χ3n) is 3.75. The van der Waals surface area contributed by atoms with Crippen molar-refractivity contribution in [3.63, 3.8) is 0 Å². The zero-order valence-corrected chi connectivity index (χ0v) is 11.8. The lowest BCUT2D eigenvalue weighted by Gasteiger charge is -2.21. The zero-order valence-electron chi connectivity index (χ0n) is 11.0. The molecule has 1 aromatic carbocycles. The Kier molecular flexibility index (Phi) is 3.27. The molecule has 3 rings (SSSR count). The van der Waals surface area contributed by atoms with Crippen LogP contribution >= 0.6 is 0 Å². The Balaban J connectivity index is 1.76. The first-order chi connectivity index (χ1) is 9.04. The maximum Gasteiger partial charge on any atom is 0.218 e. The maximum atomic E-state index is 12.5. The van der Waals surface area contributed by atoms with Gasteiger partial charge in [0.2, 0.25) is 10.0 Å². The Hall–Kier alpha value is -1.07. The van der Waals surface area contributed by atoms with Crippen LogP contribution in [-0.2, 0) is 15.8 Å². The molecule has 0 unspecified atom stereocenters. The molecule has 2 fully saturated rings. The zero-order chi connectivity index (χ0) is 13.5. The molecule has 0 spiro atoms. The molecule has 0 radical (unpaired) electrons. The highest BCUT2D eigenvalue weighted by Crippen LogP contribution is 2.37. The van der Waals surface area contributed by atoms with Crippen molar-refractivity contribution in [1.29, 1.82) is 0 Å². The second-order valence-corrected chi connectivity index (χ2v) is 7.67. The van der Waals surface area contributed by atoms with Gasteiger partial charge in [-0.15, -0.1) is 0 Å². The summed E-state index contributed by atoms with van der Waals surface area (Å²) in [7, 11) is -3.21. The van der Waals surface area contributed by atoms with Crippen LogP contribution in [0.15, 0.2) is 24.3 Å². The molecular weight excluding hydrogens is 260 g/mol. The normalized spacial score (nSPS) is 19.8. The van der Waals surface area contributed by atoms with Gasteiger partial charge in [0, 0.05) is 18.3 Å². The smallest absolute Gasteiger partial charge is 0.218 e. The summed E-state index contributed by atoms with van der Waals surface area (Å²) in [5, 5.41) is 0. The van der Waals surface area contributed by atoms with Crippen molar-refractivity contribution in [1.82, 2.24) is 4.31 Å². The standard InChI is InChI=1S/C14H20N2O2S/c15-13-3-1-2-12(8-13)10-19(17,18)16(14-6-7-14)9-11-4-5-11/h1-3,8,11,14H,4-7,9-10,15H2. The fourth-order valence-electron chi connectivity index (χ4n) is 2.38. The van der Waals surface area contributed by atoms with Crippen molar-refractivity contribution in [3.8, 4) is 0 Å². The van der Waals surface area contributed by atoms with Crippen molar-refractivity contribution in [2.45, 2.75) is 37.5 Å². The number of hydrogen-bond donors (Lipinski definition) is 1. The first-order valence-electron chi connectivity index (χ1n) is 6.88. The van der Waals surface area contributed by atoms with E-state index < -0.39 is 10.0 Å². The third-order valence-corrected chi connectivity index (χ3v) is 5.61. The minimum Gasteiger partial charge on any atom is -0.399 e. The molecule has 2 saturated carbocycles. The average molecular weight is 280 g/mol. The van der Waals surface area contributed by atoms with Gasteiger partial charge in [-0.3, -0.25) is 0 Å². The highest BCUT2D eigenvalue weighted by molar-refractivity contribution is 7.88. The summed E-state index contributed by atoms with van der Waals surface area (Å²) in [4.78, 5) is 0. The molecule has 19 heavy (non-hydrogen) atoms. The molecule has 2 N–H and O–H groups in total. The van der Waals surface area contributed by atoms with E-state index in [0.29, 0.717) is 11.6 Å². The van der Waals surface area contributed by atoms with Crippen LogP contribution in [0.25, 0.3) is 0 Å². The van der Waals surface area contributed by atoms with Crippen LogP contribution in [0, 0.1) is 5.92 Å². The molecule has 0 atom stereocenters. The number of benzene rings is 1. The molecular formula is C14H20N2O2S. The SMILES string of the molecule is Nc1cccc(CS(=O)(=O)N(CC2CC2)C2CC2)c1. The topological polar surface area (TPSA) is 63.4 Å². The lowest BCUT2D eigenvalue weighted by atomic mass is 10.2. The maximum absolute atomic E-state index is 12.5. The predicted molar refractivity (Wildman–Crippen MR) is 75.9 cm³/mol. The van der Waals surface area contributed by atoms with Gasteiger partial charge in [-0.25, -0.2) is 8.42 Å². The van der Waals surface area contributed by atoms with E-state index in [0.717, 1.165) is 24.9 Å². The Morgan fingerprint density at radius 1 is 1.21 bits per heavy atom. The summed E-state index contributed by atoms with van der Waals surface area (Å²) in [5.74, 6) is 0.664. The largest absolute Gasteiger partial charge is 0.399 e. The molecule has 0 saturated heterocycles. The third kappa shape index (κ3) is 3.28. The number of sulfonamides is 1. The van der Waals surface area contributed by atoms with Crippen LogP contribution in [0.4, 0.5) is 5.69 Å². The van der Waals surface area contributed by atoms with Gasteiger partial charge in [0.05, 0.1) is 5.75 Å². The van der Waals surface area contributed by atoms with E-state index in [-0.39, 0.29) is 11.8 Å². The number of nitrogens with two attached hydrogens (primary N) is 1. The first-order valence-corrected chi connectivity index (χ1v) is 8.49. The van der Waals surface area contributed by atoms with Gasteiger partial charge in [-0.1, -0.05) is 12.1 Å². The molecule has 1 aromatic rings. The molecule has 0 bridgehead atoms. The molecule has 4 nitrogen and oxygen atoms in total. The monoisotopic (exact) mass is 280 g/mol. The lowest BCUT2D eigenvalue weighted by molar-refractivity contribution is 0.388. The molecule has 0 aromatic heterocycles. The van der Waals surface area contributed by atoms with Gasteiger partial charge in [-0.2, -0.15) is 4.31 Å². The Morgan fingerprint density at radius 2 is 1.95 bits per heavy atom. The Morgan fingerprint density at radius 3 is 2.53 bits per heavy atom. The fraction of sp³-hybridized carbons (Fsp3) is 0.571. The molecule has 5 heteroatoms. The van der Waals surface area contributed by atoms with Crippen molar-refractivity contribution in [2.75, 3.05) is 12.3 Å². The predicted octanol–water partition coefficient (Wildman–Crippen LogP) is 1.97. The summed E-state index contributed by atoms with van der Waals surface area (Å²) in [6.45, 7) is 0.718. The summed E-state index contributed by atoms with van der Waals surface area (Å²) < 4.78 is 26.8. The summed E-state index contributed by atoms with van der Waals surface area (Å²) in [6.07, 6.45) is 4.39. The Labute approximate surface area is 114 Å². The number of anilines is 1. The number of hydrogen-bond acceptors (Lipinski definition) is 3. The minimum atomic E-state index is -3.21. The van der Waals surface area contributed by atoms with E-state index in [4.69, 9.17) is 5.73 Å². The van der Waals surface area contributed by atoms with Crippen molar-refractivity contribution >= 4 is 15.7 Å². The van der Waals surface area contributed by atoms with Crippen LogP contribution in [-0.4, -0.2) is 25.3 Å². The average Bonchev–Trinajstić information content (AvgIpc) is 3.19. The molecule has 0 aliphatic heterocycles. The quantitative estimate of drug-likeness (QED) is 0.810. The van der Waals surface area contributed by atoms with Crippen LogP contribution < -0.4 is 5.73 Å². The molecule has 2 aliphatic rings. The van der Waals surface area contributed by atoms with Gasteiger partial charge >= 0.3 is 0 Å². The number of nitrogen functional groups attached to an aromatic ring is 1. The van der Waals surface area contributed by atoms with E-state index in [9.17, 15) is 8.42 Å². The van der Waals surface area contributed by atoms with Crippen LogP contribution in [0.5, 0.6) is 0 Å². The Bertz CT molecular complexity index is 563. The molecule has 0 heterocycles. The highest BCUT2D eigenvalue weighted by atomic mass is 32.2. The van der Waals surface area contributed by atoms with Crippen molar-refractivity contribution < 1.29 is 8.42 Å². The lowest BCUT2D eigenvalue weighted by Crippen LogP contribution is -2.35. The summed E-state index contributed by atoms with van der Waals surface area (Å²) >= 11 is 0. The van der Waals surface area contributed by atoms with E-state index in [1.54, 1.807) is 16.4 Å². The van der Waals surface area contributed by atoms with E-state index in [1.165, 1.54) is 12.8 Å². The van der Waals surface area contributed by atoms with E-state index in [1.807, 2.05) is 12.1 Å². The van der Waals surface area contributed by atoms with Gasteiger partial charge < -0.3 is 5.73 Å². The molecule has 0 amide bonds. The number of nitrogens with zero attached hydrogens (tertiary/aromatic N) is 1. The van der Waals surface area contributed by atoms with Crippen molar-refractivity contribution in [2.24, 2.45) is 5.92 Å². The van der Waals surface area contributed by atoms with Gasteiger partial charge in [-0.05, 0) is 49.3 Å². The second kappa shape index (κ2) is 4.80. The van der Waals surface area contributed by atoms with Gasteiger partial charge in [0.15, 0.2) is 0 Å². The van der Waals surface area contributed by atoms with E-state index >= 15 is 0 Å². The van der Waals surface area contributed by atoms with Crippen LogP contribution in [0.2, 0.25) is 0 Å². The van der Waals surface area contributed by atoms with Crippen LogP contribution in [0.3, 0.4) is 0 Å². The minimum absolute atomic E-state index is 0.0707. The van der Waals surface area contributed by atoms with Gasteiger partial charge in [0.25, 0.3) is 0 Å². The fourth-order valence-corrected chi connectivity index (χ4v) is 4.25. The van der Waals surface area contributed by atoms with Gasteiger partial charge in [0.1, 0.15) is 0 Å². The number of rotatable bonds is 6. The van der Waals surface area contributed by atoms with Crippen molar-refractivity contribution in [3.05, 3.63) is 29.8 Å². The highest BCUT2D eigenvalue weighted by Gasteiger charge is 2.40. The summed E-state index contributed by atoms with van der Waals surface area (Å²) in [5.41, 5.74) is 7.11. The second-order valence-electron chi connectivity index (χ2n) is 5.75. The first kappa shape index (κ1) is 12.9. The summed E-state index contributed by atoms with van der Waals surface area (Å²) in [6, 6.07) is 7.42. The van der Waals surface area contributed by atoms with E-state index in [2.05, 4.69) is 0 Å². The molecule has 2 aliphatic carbocycles. The van der Waals surface area contributed by atoms with Crippen LogP contribution in [0.1, 0.15) is 31.2 Å². The molecule has 104 valence electrons.